The van der Waals surface area contributed by atoms with Crippen LogP contribution >= 0.6 is 15.9 Å². The Balaban J connectivity index is 2.33. The van der Waals surface area contributed by atoms with Crippen LogP contribution in [0.1, 0.15) is 29.9 Å². The molecule has 1 aliphatic heterocycles. The van der Waals surface area contributed by atoms with Gasteiger partial charge >= 0.3 is 0 Å². The molecule has 0 atom stereocenters. The normalized spacial score (nSPS) is 16.8. The lowest BCUT2D eigenvalue weighted by atomic mass is 9.87. The minimum Gasteiger partial charge on any atom is -0.496 e. The molecule has 2 rings (SSSR count). The fourth-order valence-electron chi connectivity index (χ4n) is 2.56. The molecule has 1 aromatic rings. The topological polar surface area (TPSA) is 30.5 Å². The Morgan fingerprint density at radius 1 is 1.28 bits per heavy atom. The van der Waals surface area contributed by atoms with E-state index in [1.165, 1.54) is 24.0 Å². The molecule has 1 saturated heterocycles. The first-order chi connectivity index (χ1) is 8.76. The van der Waals surface area contributed by atoms with Gasteiger partial charge in [0.15, 0.2) is 0 Å². The third-order valence-electron chi connectivity index (χ3n) is 3.49. The van der Waals surface area contributed by atoms with Crippen molar-refractivity contribution in [2.75, 3.05) is 27.3 Å². The summed E-state index contributed by atoms with van der Waals surface area (Å²) in [6.45, 7) is 2.84. The molecule has 3 nitrogen and oxygen atoms in total. The minimum atomic E-state index is 0.624. The van der Waals surface area contributed by atoms with Gasteiger partial charge in [0.1, 0.15) is 5.75 Å². The van der Waals surface area contributed by atoms with E-state index >= 15 is 0 Å². The Morgan fingerprint density at radius 3 is 2.61 bits per heavy atom. The quantitative estimate of drug-likeness (QED) is 0.926. The summed E-state index contributed by atoms with van der Waals surface area (Å²) in [5.74, 6) is 1.50. The molecular formula is C14H20BrNO2. The molecular weight excluding hydrogens is 294 g/mol. The number of hydrogen-bond donors (Lipinski definition) is 1. The number of nitrogens with one attached hydrogen (secondary N) is 1. The van der Waals surface area contributed by atoms with E-state index in [-0.39, 0.29) is 0 Å². The van der Waals surface area contributed by atoms with E-state index in [4.69, 9.17) is 9.47 Å². The summed E-state index contributed by atoms with van der Waals surface area (Å²) < 4.78 is 11.7. The highest BCUT2D eigenvalue weighted by Crippen LogP contribution is 2.35. The van der Waals surface area contributed by atoms with E-state index in [0.717, 1.165) is 23.3 Å². The maximum Gasteiger partial charge on any atom is 0.133 e. The SMILES string of the molecule is COCc1cc(OC)c(Br)cc1C1CCNCC1. The number of halogens is 1. The Labute approximate surface area is 117 Å². The molecule has 0 radical (unpaired) electrons. The number of ether oxygens (including phenoxy) is 2. The van der Waals surface area contributed by atoms with E-state index in [0.29, 0.717) is 12.5 Å². The number of rotatable bonds is 4. The smallest absolute Gasteiger partial charge is 0.133 e. The fraction of sp³-hybridized carbons (Fsp3) is 0.571. The first kappa shape index (κ1) is 13.8. The van der Waals surface area contributed by atoms with Crippen LogP contribution in [-0.2, 0) is 11.3 Å². The van der Waals surface area contributed by atoms with Gasteiger partial charge in [-0.15, -0.1) is 0 Å². The maximum absolute atomic E-state index is 5.36. The molecule has 0 unspecified atom stereocenters. The molecule has 0 amide bonds. The van der Waals surface area contributed by atoms with Gasteiger partial charge in [-0.2, -0.15) is 0 Å². The van der Waals surface area contributed by atoms with E-state index < -0.39 is 0 Å². The van der Waals surface area contributed by atoms with Crippen LogP contribution in [0.15, 0.2) is 16.6 Å². The highest BCUT2D eigenvalue weighted by Gasteiger charge is 2.20. The van der Waals surface area contributed by atoms with Crippen molar-refractivity contribution in [1.82, 2.24) is 5.32 Å². The van der Waals surface area contributed by atoms with Gasteiger partial charge in [0, 0.05) is 7.11 Å². The standard InChI is InChI=1S/C14H20BrNO2/c1-17-9-11-7-14(18-2)13(15)8-12(11)10-3-5-16-6-4-10/h7-8,10,16H,3-6,9H2,1-2H3. The van der Waals surface area contributed by atoms with Gasteiger partial charge in [0.05, 0.1) is 18.2 Å². The highest BCUT2D eigenvalue weighted by atomic mass is 79.9. The number of benzene rings is 1. The van der Waals surface area contributed by atoms with Crippen LogP contribution in [0.2, 0.25) is 0 Å². The predicted octanol–water partition coefficient (Wildman–Crippen LogP) is 3.07. The lowest BCUT2D eigenvalue weighted by Gasteiger charge is -2.25. The van der Waals surface area contributed by atoms with Gasteiger partial charge in [-0.3, -0.25) is 0 Å². The predicted molar refractivity (Wildman–Crippen MR) is 76.3 cm³/mol. The van der Waals surface area contributed by atoms with Crippen molar-refractivity contribution in [3.63, 3.8) is 0 Å². The van der Waals surface area contributed by atoms with Gasteiger partial charge in [-0.25, -0.2) is 0 Å². The second kappa shape index (κ2) is 6.55. The van der Waals surface area contributed by atoms with Crippen LogP contribution in [0.5, 0.6) is 5.75 Å². The molecule has 1 aliphatic rings. The van der Waals surface area contributed by atoms with Crippen molar-refractivity contribution >= 4 is 15.9 Å². The van der Waals surface area contributed by atoms with Gasteiger partial charge in [0.2, 0.25) is 0 Å². The van der Waals surface area contributed by atoms with Crippen molar-refractivity contribution in [3.8, 4) is 5.75 Å². The van der Waals surface area contributed by atoms with E-state index in [9.17, 15) is 0 Å². The Hall–Kier alpha value is -0.580. The zero-order valence-electron chi connectivity index (χ0n) is 11.0. The number of piperidine rings is 1. The summed E-state index contributed by atoms with van der Waals surface area (Å²) in [5, 5.41) is 3.41. The van der Waals surface area contributed by atoms with Crippen LogP contribution in [0.3, 0.4) is 0 Å². The summed E-state index contributed by atoms with van der Waals surface area (Å²) in [6.07, 6.45) is 2.38. The van der Waals surface area contributed by atoms with E-state index in [2.05, 4.69) is 33.4 Å². The average Bonchev–Trinajstić information content (AvgIpc) is 2.41. The lowest BCUT2D eigenvalue weighted by Crippen LogP contribution is -2.27. The van der Waals surface area contributed by atoms with Crippen molar-refractivity contribution < 1.29 is 9.47 Å². The molecule has 1 N–H and O–H groups in total. The van der Waals surface area contributed by atoms with Crippen LogP contribution < -0.4 is 10.1 Å². The second-order valence-corrected chi connectivity index (χ2v) is 5.50. The molecule has 0 bridgehead atoms. The second-order valence-electron chi connectivity index (χ2n) is 4.64. The minimum absolute atomic E-state index is 0.624. The number of hydrogen-bond acceptors (Lipinski definition) is 3. The summed E-state index contributed by atoms with van der Waals surface area (Å²) >= 11 is 3.58. The van der Waals surface area contributed by atoms with Crippen molar-refractivity contribution in [2.45, 2.75) is 25.4 Å². The monoisotopic (exact) mass is 313 g/mol. The third-order valence-corrected chi connectivity index (χ3v) is 4.11. The van der Waals surface area contributed by atoms with E-state index in [1.54, 1.807) is 14.2 Å². The van der Waals surface area contributed by atoms with Gasteiger partial charge in [-0.05, 0) is 71.0 Å². The van der Waals surface area contributed by atoms with Crippen molar-refractivity contribution in [3.05, 3.63) is 27.7 Å². The molecule has 0 aliphatic carbocycles. The zero-order valence-corrected chi connectivity index (χ0v) is 12.5. The van der Waals surface area contributed by atoms with E-state index in [1.807, 2.05) is 0 Å². The average molecular weight is 314 g/mol. The van der Waals surface area contributed by atoms with Gasteiger partial charge < -0.3 is 14.8 Å². The molecule has 1 heterocycles. The van der Waals surface area contributed by atoms with Crippen molar-refractivity contribution in [1.29, 1.82) is 0 Å². The first-order valence-electron chi connectivity index (χ1n) is 6.32. The maximum atomic E-state index is 5.36. The molecule has 18 heavy (non-hydrogen) atoms. The lowest BCUT2D eigenvalue weighted by molar-refractivity contribution is 0.183. The molecule has 0 aromatic heterocycles. The summed E-state index contributed by atoms with van der Waals surface area (Å²) in [5.41, 5.74) is 2.63. The van der Waals surface area contributed by atoms with Crippen LogP contribution in [0, 0.1) is 0 Å². The molecule has 4 heteroatoms. The van der Waals surface area contributed by atoms with Crippen LogP contribution in [0.25, 0.3) is 0 Å². The van der Waals surface area contributed by atoms with Gasteiger partial charge in [0.25, 0.3) is 0 Å². The summed E-state index contributed by atoms with van der Waals surface area (Å²) in [4.78, 5) is 0. The molecule has 100 valence electrons. The Morgan fingerprint density at radius 2 is 2.00 bits per heavy atom. The molecule has 1 fully saturated rings. The summed E-state index contributed by atoms with van der Waals surface area (Å²) in [7, 11) is 3.43. The zero-order chi connectivity index (χ0) is 13.0. The third kappa shape index (κ3) is 3.05. The fourth-order valence-corrected chi connectivity index (χ4v) is 3.08. The number of methoxy groups -OCH3 is 2. The molecule has 0 saturated carbocycles. The van der Waals surface area contributed by atoms with Crippen molar-refractivity contribution in [2.24, 2.45) is 0 Å². The highest BCUT2D eigenvalue weighted by molar-refractivity contribution is 9.10. The Kier molecular flexibility index (Phi) is 5.03. The first-order valence-corrected chi connectivity index (χ1v) is 7.11. The molecule has 0 spiro atoms. The van der Waals surface area contributed by atoms with Crippen LogP contribution in [-0.4, -0.2) is 27.3 Å². The largest absolute Gasteiger partial charge is 0.496 e. The molecule has 1 aromatic carbocycles. The Bertz CT molecular complexity index is 403. The summed E-state index contributed by atoms with van der Waals surface area (Å²) in [6, 6.07) is 4.29. The van der Waals surface area contributed by atoms with Gasteiger partial charge in [-0.1, -0.05) is 0 Å². The van der Waals surface area contributed by atoms with Crippen LogP contribution in [0.4, 0.5) is 0 Å².